The second kappa shape index (κ2) is 4.44. The summed E-state index contributed by atoms with van der Waals surface area (Å²) in [5.74, 6) is -0.758. The van der Waals surface area contributed by atoms with Gasteiger partial charge in [0, 0.05) is 5.02 Å². The van der Waals surface area contributed by atoms with Gasteiger partial charge in [-0.2, -0.15) is 0 Å². The van der Waals surface area contributed by atoms with Crippen molar-refractivity contribution in [3.63, 3.8) is 0 Å². The summed E-state index contributed by atoms with van der Waals surface area (Å²) in [5, 5.41) is 9.60. The maximum Gasteiger partial charge on any atom is 0.311 e. The molecule has 1 aliphatic carbocycles. The van der Waals surface area contributed by atoms with Crippen LogP contribution in [0.4, 0.5) is 0 Å². The third-order valence-corrected chi connectivity index (χ3v) is 3.27. The summed E-state index contributed by atoms with van der Waals surface area (Å²) < 4.78 is 5.42. The smallest absolute Gasteiger partial charge is 0.311 e. The number of ether oxygens (including phenoxy) is 1. The molecular formula is C12H13ClO3. The van der Waals surface area contributed by atoms with Crippen LogP contribution in [0.3, 0.4) is 0 Å². The van der Waals surface area contributed by atoms with Crippen LogP contribution in [0.15, 0.2) is 24.3 Å². The van der Waals surface area contributed by atoms with Crippen LogP contribution in [0.1, 0.15) is 18.4 Å². The van der Waals surface area contributed by atoms with E-state index in [2.05, 4.69) is 0 Å². The van der Waals surface area contributed by atoms with Gasteiger partial charge in [0.25, 0.3) is 0 Å². The Balaban J connectivity index is 1.85. The van der Waals surface area contributed by atoms with Gasteiger partial charge in [-0.1, -0.05) is 29.8 Å². The van der Waals surface area contributed by atoms with Crippen molar-refractivity contribution in [2.45, 2.75) is 19.4 Å². The Labute approximate surface area is 99.0 Å². The van der Waals surface area contributed by atoms with E-state index in [1.54, 1.807) is 6.07 Å². The van der Waals surface area contributed by atoms with Crippen LogP contribution >= 0.6 is 11.6 Å². The van der Waals surface area contributed by atoms with E-state index in [1.165, 1.54) is 0 Å². The first-order valence-corrected chi connectivity index (χ1v) is 5.56. The lowest BCUT2D eigenvalue weighted by molar-refractivity contribution is -0.146. The molecule has 0 radical (unpaired) electrons. The molecule has 1 aromatic carbocycles. The summed E-state index contributed by atoms with van der Waals surface area (Å²) in [6.07, 6.45) is 1.43. The predicted octanol–water partition coefficient (Wildman–Crippen LogP) is 2.72. The fraction of sp³-hybridized carbons (Fsp3) is 0.417. The van der Waals surface area contributed by atoms with Crippen molar-refractivity contribution in [3.8, 4) is 0 Å². The second-order valence-corrected chi connectivity index (χ2v) is 4.58. The van der Waals surface area contributed by atoms with E-state index in [-0.39, 0.29) is 6.61 Å². The molecule has 0 bridgehead atoms. The largest absolute Gasteiger partial charge is 0.481 e. The van der Waals surface area contributed by atoms with E-state index in [0.717, 1.165) is 5.56 Å². The normalized spacial score (nSPS) is 17.1. The molecule has 0 saturated heterocycles. The summed E-state index contributed by atoms with van der Waals surface area (Å²) in [7, 11) is 0. The Morgan fingerprint density at radius 3 is 2.69 bits per heavy atom. The lowest BCUT2D eigenvalue weighted by atomic mass is 10.1. The molecule has 1 N–H and O–H groups in total. The maximum atomic E-state index is 10.9. The molecule has 0 amide bonds. The van der Waals surface area contributed by atoms with E-state index < -0.39 is 11.4 Å². The molecule has 0 atom stereocenters. The van der Waals surface area contributed by atoms with Crippen molar-refractivity contribution in [1.82, 2.24) is 0 Å². The Morgan fingerprint density at radius 2 is 2.12 bits per heavy atom. The zero-order valence-electron chi connectivity index (χ0n) is 8.78. The van der Waals surface area contributed by atoms with E-state index in [4.69, 9.17) is 21.4 Å². The van der Waals surface area contributed by atoms with Crippen molar-refractivity contribution in [2.75, 3.05) is 6.61 Å². The number of carbonyl (C=O) groups is 1. The highest BCUT2D eigenvalue weighted by molar-refractivity contribution is 6.31. The van der Waals surface area contributed by atoms with Gasteiger partial charge in [0.2, 0.25) is 0 Å². The molecule has 16 heavy (non-hydrogen) atoms. The fourth-order valence-electron chi connectivity index (χ4n) is 1.54. The van der Waals surface area contributed by atoms with Gasteiger partial charge in [-0.15, -0.1) is 0 Å². The van der Waals surface area contributed by atoms with Gasteiger partial charge in [-0.3, -0.25) is 4.79 Å². The number of carboxylic acid groups (broad SMARTS) is 1. The Bertz CT molecular complexity index is 399. The van der Waals surface area contributed by atoms with Crippen LogP contribution in [0.2, 0.25) is 5.02 Å². The van der Waals surface area contributed by atoms with Crippen LogP contribution in [0, 0.1) is 5.41 Å². The summed E-state index contributed by atoms with van der Waals surface area (Å²) >= 11 is 5.96. The number of halogens is 1. The lowest BCUT2D eigenvalue weighted by Crippen LogP contribution is -2.21. The molecule has 0 unspecified atom stereocenters. The van der Waals surface area contributed by atoms with E-state index in [0.29, 0.717) is 24.5 Å². The molecule has 1 saturated carbocycles. The number of benzene rings is 1. The quantitative estimate of drug-likeness (QED) is 0.861. The molecule has 0 aromatic heterocycles. The highest BCUT2D eigenvalue weighted by atomic mass is 35.5. The molecule has 1 aliphatic rings. The lowest BCUT2D eigenvalue weighted by Gasteiger charge is -2.10. The summed E-state index contributed by atoms with van der Waals surface area (Å²) in [6.45, 7) is 0.641. The minimum absolute atomic E-state index is 0.271. The highest BCUT2D eigenvalue weighted by Crippen LogP contribution is 2.46. The summed E-state index contributed by atoms with van der Waals surface area (Å²) in [4.78, 5) is 10.9. The van der Waals surface area contributed by atoms with Crippen LogP contribution in [0.25, 0.3) is 0 Å². The average molecular weight is 241 g/mol. The first-order chi connectivity index (χ1) is 7.64. The Hall–Kier alpha value is -1.06. The fourth-order valence-corrected chi connectivity index (χ4v) is 1.73. The van der Waals surface area contributed by atoms with Crippen molar-refractivity contribution < 1.29 is 14.6 Å². The van der Waals surface area contributed by atoms with E-state index in [9.17, 15) is 4.79 Å². The first-order valence-electron chi connectivity index (χ1n) is 5.19. The molecule has 1 aromatic rings. The van der Waals surface area contributed by atoms with Crippen LogP contribution in [0.5, 0.6) is 0 Å². The van der Waals surface area contributed by atoms with Gasteiger partial charge in [0.05, 0.1) is 18.6 Å². The minimum Gasteiger partial charge on any atom is -0.481 e. The number of aliphatic carboxylic acids is 1. The molecule has 86 valence electrons. The summed E-state index contributed by atoms with van der Waals surface area (Å²) in [5.41, 5.74) is 0.270. The van der Waals surface area contributed by atoms with Crippen LogP contribution in [-0.4, -0.2) is 17.7 Å². The van der Waals surface area contributed by atoms with Crippen molar-refractivity contribution >= 4 is 17.6 Å². The molecule has 4 heteroatoms. The van der Waals surface area contributed by atoms with Gasteiger partial charge < -0.3 is 9.84 Å². The first kappa shape index (κ1) is 11.4. The minimum atomic E-state index is -0.758. The number of rotatable bonds is 5. The van der Waals surface area contributed by atoms with Crippen molar-refractivity contribution in [1.29, 1.82) is 0 Å². The number of hydrogen-bond acceptors (Lipinski definition) is 2. The van der Waals surface area contributed by atoms with E-state index >= 15 is 0 Å². The maximum absolute atomic E-state index is 10.9. The second-order valence-electron chi connectivity index (χ2n) is 4.17. The molecule has 1 fully saturated rings. The van der Waals surface area contributed by atoms with Crippen LogP contribution in [-0.2, 0) is 16.1 Å². The Morgan fingerprint density at radius 1 is 1.44 bits per heavy atom. The molecule has 3 nitrogen and oxygen atoms in total. The highest BCUT2D eigenvalue weighted by Gasteiger charge is 2.50. The summed E-state index contributed by atoms with van der Waals surface area (Å²) in [6, 6.07) is 7.41. The average Bonchev–Trinajstić information content (AvgIpc) is 3.02. The van der Waals surface area contributed by atoms with Crippen molar-refractivity contribution in [3.05, 3.63) is 34.9 Å². The standard InChI is InChI=1S/C12H13ClO3/c13-10-4-2-1-3-9(10)7-16-8-12(5-6-12)11(14)15/h1-4H,5-8H2,(H,14,15). The zero-order valence-corrected chi connectivity index (χ0v) is 9.54. The number of carboxylic acids is 1. The molecule has 0 spiro atoms. The third-order valence-electron chi connectivity index (χ3n) is 2.90. The molecule has 0 heterocycles. The third kappa shape index (κ3) is 2.36. The van der Waals surface area contributed by atoms with Gasteiger partial charge in [-0.25, -0.2) is 0 Å². The van der Waals surface area contributed by atoms with Gasteiger partial charge in [0.15, 0.2) is 0 Å². The van der Waals surface area contributed by atoms with Crippen molar-refractivity contribution in [2.24, 2.45) is 5.41 Å². The molecular weight excluding hydrogens is 228 g/mol. The van der Waals surface area contributed by atoms with Gasteiger partial charge in [0.1, 0.15) is 0 Å². The molecule has 2 rings (SSSR count). The van der Waals surface area contributed by atoms with Gasteiger partial charge in [-0.05, 0) is 24.5 Å². The van der Waals surface area contributed by atoms with Gasteiger partial charge >= 0.3 is 5.97 Å². The predicted molar refractivity (Wildman–Crippen MR) is 60.4 cm³/mol. The van der Waals surface area contributed by atoms with E-state index in [1.807, 2.05) is 18.2 Å². The SMILES string of the molecule is O=C(O)C1(COCc2ccccc2Cl)CC1. The van der Waals surface area contributed by atoms with Crippen LogP contribution < -0.4 is 0 Å². The Kier molecular flexibility index (Phi) is 3.17. The molecule has 0 aliphatic heterocycles. The monoisotopic (exact) mass is 240 g/mol. The zero-order chi connectivity index (χ0) is 11.6. The number of hydrogen-bond donors (Lipinski definition) is 1. The topological polar surface area (TPSA) is 46.5 Å².